The molecule has 1 N–H and O–H groups in total. The molecule has 1 heterocycles. The summed E-state index contributed by atoms with van der Waals surface area (Å²) in [6, 6.07) is 0.282. The average Bonchev–Trinajstić information content (AvgIpc) is 2.37. The SMILES string of the molecule is CC(C)C(CCBr)NC(=O)CCC1CCCCO1. The number of alkyl halides is 1. The smallest absolute Gasteiger partial charge is 0.220 e. The highest BCUT2D eigenvalue weighted by Gasteiger charge is 2.18. The summed E-state index contributed by atoms with van der Waals surface area (Å²) in [5.74, 6) is 0.654. The molecule has 0 aromatic rings. The van der Waals surface area contributed by atoms with E-state index in [1.807, 2.05) is 0 Å². The van der Waals surface area contributed by atoms with Crippen molar-refractivity contribution in [1.82, 2.24) is 5.32 Å². The fourth-order valence-electron chi connectivity index (χ4n) is 2.30. The number of ether oxygens (including phenoxy) is 1. The van der Waals surface area contributed by atoms with E-state index in [9.17, 15) is 4.79 Å². The van der Waals surface area contributed by atoms with Gasteiger partial charge < -0.3 is 10.1 Å². The minimum atomic E-state index is 0.170. The third-order valence-electron chi connectivity index (χ3n) is 3.54. The van der Waals surface area contributed by atoms with Crippen molar-refractivity contribution < 1.29 is 9.53 Å². The highest BCUT2D eigenvalue weighted by atomic mass is 79.9. The molecule has 1 rings (SSSR count). The monoisotopic (exact) mass is 319 g/mol. The van der Waals surface area contributed by atoms with Crippen molar-refractivity contribution in [2.75, 3.05) is 11.9 Å². The standard InChI is InChI=1S/C14H26BrNO2/c1-11(2)13(8-9-15)16-14(17)7-6-12-5-3-4-10-18-12/h11-13H,3-10H2,1-2H3,(H,16,17). The number of carbonyl (C=O) groups is 1. The lowest BCUT2D eigenvalue weighted by Crippen LogP contribution is -2.39. The predicted molar refractivity (Wildman–Crippen MR) is 78.0 cm³/mol. The zero-order chi connectivity index (χ0) is 13.4. The zero-order valence-corrected chi connectivity index (χ0v) is 13.2. The maximum Gasteiger partial charge on any atom is 0.220 e. The van der Waals surface area contributed by atoms with E-state index >= 15 is 0 Å². The topological polar surface area (TPSA) is 38.3 Å². The van der Waals surface area contributed by atoms with E-state index in [0.717, 1.165) is 31.2 Å². The van der Waals surface area contributed by atoms with Gasteiger partial charge in [-0.15, -0.1) is 0 Å². The molecule has 0 aromatic carbocycles. The van der Waals surface area contributed by atoms with Crippen LogP contribution in [0.25, 0.3) is 0 Å². The molecule has 1 saturated heterocycles. The number of rotatable bonds is 7. The van der Waals surface area contributed by atoms with Gasteiger partial charge in [-0.2, -0.15) is 0 Å². The van der Waals surface area contributed by atoms with Crippen molar-refractivity contribution in [3.05, 3.63) is 0 Å². The molecule has 1 amide bonds. The molecule has 0 bridgehead atoms. The fourth-order valence-corrected chi connectivity index (χ4v) is 2.79. The third-order valence-corrected chi connectivity index (χ3v) is 4.00. The molecule has 106 valence electrons. The minimum absolute atomic E-state index is 0.170. The summed E-state index contributed by atoms with van der Waals surface area (Å²) in [4.78, 5) is 11.9. The van der Waals surface area contributed by atoms with Crippen LogP contribution in [0.2, 0.25) is 0 Å². The summed E-state index contributed by atoms with van der Waals surface area (Å²) in [5.41, 5.74) is 0. The Hall–Kier alpha value is -0.0900. The summed E-state index contributed by atoms with van der Waals surface area (Å²) in [6.07, 6.45) is 6.28. The van der Waals surface area contributed by atoms with Crippen molar-refractivity contribution >= 4 is 21.8 Å². The van der Waals surface area contributed by atoms with Gasteiger partial charge in [-0.05, 0) is 38.0 Å². The molecule has 0 saturated carbocycles. The Morgan fingerprint density at radius 1 is 1.44 bits per heavy atom. The molecule has 0 aliphatic carbocycles. The summed E-state index contributed by atoms with van der Waals surface area (Å²) in [7, 11) is 0. The van der Waals surface area contributed by atoms with Crippen LogP contribution >= 0.6 is 15.9 Å². The van der Waals surface area contributed by atoms with Gasteiger partial charge in [0.25, 0.3) is 0 Å². The molecule has 2 unspecified atom stereocenters. The van der Waals surface area contributed by atoms with Crippen molar-refractivity contribution in [2.45, 2.75) is 64.5 Å². The van der Waals surface area contributed by atoms with Crippen LogP contribution in [0.1, 0.15) is 52.4 Å². The fraction of sp³-hybridized carbons (Fsp3) is 0.929. The molecule has 18 heavy (non-hydrogen) atoms. The van der Waals surface area contributed by atoms with Gasteiger partial charge in [-0.1, -0.05) is 29.8 Å². The lowest BCUT2D eigenvalue weighted by molar-refractivity contribution is -0.123. The number of hydrogen-bond acceptors (Lipinski definition) is 2. The van der Waals surface area contributed by atoms with E-state index in [-0.39, 0.29) is 11.9 Å². The van der Waals surface area contributed by atoms with E-state index in [1.54, 1.807) is 0 Å². The molecule has 3 nitrogen and oxygen atoms in total. The van der Waals surface area contributed by atoms with Crippen molar-refractivity contribution in [2.24, 2.45) is 5.92 Å². The third kappa shape index (κ3) is 6.19. The van der Waals surface area contributed by atoms with Gasteiger partial charge in [0.1, 0.15) is 0 Å². The van der Waals surface area contributed by atoms with Crippen molar-refractivity contribution in [1.29, 1.82) is 0 Å². The van der Waals surface area contributed by atoms with Gasteiger partial charge in [0, 0.05) is 24.4 Å². The number of carbonyl (C=O) groups excluding carboxylic acids is 1. The van der Waals surface area contributed by atoms with E-state index in [2.05, 4.69) is 35.1 Å². The number of halogens is 1. The van der Waals surface area contributed by atoms with Crippen molar-refractivity contribution in [3.63, 3.8) is 0 Å². The van der Waals surface area contributed by atoms with Crippen LogP contribution in [0.15, 0.2) is 0 Å². The van der Waals surface area contributed by atoms with Gasteiger partial charge in [-0.3, -0.25) is 4.79 Å². The van der Waals surface area contributed by atoms with Crippen LogP contribution in [-0.2, 0) is 9.53 Å². The second-order valence-electron chi connectivity index (χ2n) is 5.42. The van der Waals surface area contributed by atoms with Gasteiger partial charge in [-0.25, -0.2) is 0 Å². The first-order valence-electron chi connectivity index (χ1n) is 7.10. The highest BCUT2D eigenvalue weighted by molar-refractivity contribution is 9.09. The summed E-state index contributed by atoms with van der Waals surface area (Å²) in [5, 5.41) is 4.06. The van der Waals surface area contributed by atoms with Crippen LogP contribution in [-0.4, -0.2) is 30.0 Å². The number of nitrogens with one attached hydrogen (secondary N) is 1. The van der Waals surface area contributed by atoms with E-state index in [0.29, 0.717) is 18.4 Å². The Balaban J connectivity index is 2.22. The van der Waals surface area contributed by atoms with Crippen LogP contribution in [0, 0.1) is 5.92 Å². The lowest BCUT2D eigenvalue weighted by atomic mass is 10.0. The molecule has 0 spiro atoms. The zero-order valence-electron chi connectivity index (χ0n) is 11.6. The largest absolute Gasteiger partial charge is 0.378 e. The summed E-state index contributed by atoms with van der Waals surface area (Å²) < 4.78 is 5.64. The second kappa shape index (κ2) is 8.92. The van der Waals surface area contributed by atoms with Gasteiger partial charge in [0.15, 0.2) is 0 Å². The van der Waals surface area contributed by atoms with E-state index in [1.165, 1.54) is 12.8 Å². The molecule has 1 aliphatic rings. The number of hydrogen-bond donors (Lipinski definition) is 1. The Kier molecular flexibility index (Phi) is 7.91. The van der Waals surface area contributed by atoms with Crippen LogP contribution in [0.4, 0.5) is 0 Å². The number of amides is 1. The van der Waals surface area contributed by atoms with Crippen LogP contribution < -0.4 is 5.32 Å². The van der Waals surface area contributed by atoms with E-state index in [4.69, 9.17) is 4.74 Å². The molecule has 0 aromatic heterocycles. The summed E-state index contributed by atoms with van der Waals surface area (Å²) in [6.45, 7) is 5.17. The minimum Gasteiger partial charge on any atom is -0.378 e. The average molecular weight is 320 g/mol. The summed E-state index contributed by atoms with van der Waals surface area (Å²) >= 11 is 3.44. The molecule has 4 heteroatoms. The quantitative estimate of drug-likeness (QED) is 0.731. The first kappa shape index (κ1) is 16.0. The maximum atomic E-state index is 11.9. The molecule has 1 aliphatic heterocycles. The molecule has 2 atom stereocenters. The highest BCUT2D eigenvalue weighted by Crippen LogP contribution is 2.17. The first-order valence-corrected chi connectivity index (χ1v) is 8.22. The molecule has 0 radical (unpaired) electrons. The molecular formula is C14H26BrNO2. The van der Waals surface area contributed by atoms with Gasteiger partial charge in [0.05, 0.1) is 6.10 Å². The Morgan fingerprint density at radius 2 is 2.22 bits per heavy atom. The lowest BCUT2D eigenvalue weighted by Gasteiger charge is -2.24. The molecular weight excluding hydrogens is 294 g/mol. The predicted octanol–water partition coefficient (Wildman–Crippen LogP) is 3.26. The second-order valence-corrected chi connectivity index (χ2v) is 6.22. The van der Waals surface area contributed by atoms with Crippen LogP contribution in [0.3, 0.4) is 0 Å². The Bertz CT molecular complexity index is 240. The molecule has 1 fully saturated rings. The first-order chi connectivity index (χ1) is 8.63. The normalized spacial score (nSPS) is 21.9. The van der Waals surface area contributed by atoms with Gasteiger partial charge in [0.2, 0.25) is 5.91 Å². The van der Waals surface area contributed by atoms with E-state index < -0.39 is 0 Å². The maximum absolute atomic E-state index is 11.9. The Morgan fingerprint density at radius 3 is 2.78 bits per heavy atom. The Labute approximate surface area is 119 Å². The van der Waals surface area contributed by atoms with Gasteiger partial charge >= 0.3 is 0 Å². The van der Waals surface area contributed by atoms with Crippen LogP contribution in [0.5, 0.6) is 0 Å². The van der Waals surface area contributed by atoms with Crippen molar-refractivity contribution in [3.8, 4) is 0 Å².